The van der Waals surface area contributed by atoms with Gasteiger partial charge in [0.2, 0.25) is 17.7 Å². The van der Waals surface area contributed by atoms with E-state index in [-0.39, 0.29) is 17.9 Å². The predicted octanol–water partition coefficient (Wildman–Crippen LogP) is -3.17. The number of rotatable bonds is 14. The number of nitrogens with one attached hydrogen (secondary N) is 3. The number of carbonyl (C=O) groups is 4. The highest BCUT2D eigenvalue weighted by atomic mass is 32.1. The number of hydrogen-bond donors (Lipinski definition) is 9. The Hall–Kier alpha value is -1.54. The molecule has 13 heteroatoms. The largest absolute Gasteiger partial charge is 0.480 e. The van der Waals surface area contributed by atoms with Gasteiger partial charge < -0.3 is 37.6 Å². The van der Waals surface area contributed by atoms with Crippen LogP contribution in [-0.4, -0.2) is 82.7 Å². The maximum atomic E-state index is 12.6. The van der Waals surface area contributed by atoms with E-state index < -0.39 is 54.5 Å². The first-order valence-corrected chi connectivity index (χ1v) is 9.90. The lowest BCUT2D eigenvalue weighted by Crippen LogP contribution is -2.58. The number of aliphatic carboxylic acids is 1. The average molecular weight is 440 g/mol. The Morgan fingerprint density at radius 3 is 1.86 bits per heavy atom. The third kappa shape index (κ3) is 9.59. The minimum atomic E-state index is -1.51. The maximum Gasteiger partial charge on any atom is 0.328 e. The van der Waals surface area contributed by atoms with Gasteiger partial charge in [0.15, 0.2) is 0 Å². The van der Waals surface area contributed by atoms with E-state index in [2.05, 4.69) is 41.2 Å². The summed E-state index contributed by atoms with van der Waals surface area (Å²) in [5, 5.41) is 24.9. The first-order chi connectivity index (χ1) is 13.2. The molecule has 0 bridgehead atoms. The molecule has 162 valence electrons. The quantitative estimate of drug-likeness (QED) is 0.0997. The fourth-order valence-corrected chi connectivity index (χ4v) is 2.47. The fraction of sp³-hybridized carbons (Fsp3) is 0.733. The van der Waals surface area contributed by atoms with Gasteiger partial charge in [-0.15, -0.1) is 0 Å². The zero-order chi connectivity index (χ0) is 21.7. The minimum absolute atomic E-state index is 0.0857. The summed E-state index contributed by atoms with van der Waals surface area (Å²) in [6.45, 7) is -0.397. The van der Waals surface area contributed by atoms with E-state index in [0.29, 0.717) is 19.4 Å². The van der Waals surface area contributed by atoms with Crippen LogP contribution in [-0.2, 0) is 19.2 Å². The van der Waals surface area contributed by atoms with Crippen LogP contribution in [0.3, 0.4) is 0 Å². The topological polar surface area (TPSA) is 197 Å². The molecule has 3 amide bonds. The molecule has 0 heterocycles. The number of thiol groups is 2. The molecule has 0 aromatic carbocycles. The SMILES string of the molecule is NCCCCC(NC(=O)C(N)CS)C(=O)NC(CS)C(=O)NC(CO)C(=O)O. The molecule has 4 unspecified atom stereocenters. The van der Waals surface area contributed by atoms with Gasteiger partial charge in [0, 0.05) is 11.5 Å². The number of aliphatic hydroxyl groups excluding tert-OH is 1. The van der Waals surface area contributed by atoms with Crippen molar-refractivity contribution in [3.05, 3.63) is 0 Å². The second kappa shape index (κ2) is 14.5. The van der Waals surface area contributed by atoms with E-state index in [1.54, 1.807) is 0 Å². The van der Waals surface area contributed by atoms with E-state index >= 15 is 0 Å². The van der Waals surface area contributed by atoms with Crippen molar-refractivity contribution in [2.75, 3.05) is 24.7 Å². The van der Waals surface area contributed by atoms with Crippen molar-refractivity contribution >= 4 is 48.9 Å². The smallest absolute Gasteiger partial charge is 0.328 e. The van der Waals surface area contributed by atoms with Crippen LogP contribution < -0.4 is 27.4 Å². The number of nitrogens with two attached hydrogens (primary N) is 2. The Balaban J connectivity index is 5.08. The van der Waals surface area contributed by atoms with E-state index in [0.717, 1.165) is 0 Å². The van der Waals surface area contributed by atoms with Gasteiger partial charge in [0.25, 0.3) is 0 Å². The molecule has 0 aliphatic heterocycles. The molecule has 28 heavy (non-hydrogen) atoms. The predicted molar refractivity (Wildman–Crippen MR) is 109 cm³/mol. The number of carboxylic acid groups (broad SMARTS) is 1. The highest BCUT2D eigenvalue weighted by molar-refractivity contribution is 7.80. The van der Waals surface area contributed by atoms with Gasteiger partial charge in [-0.1, -0.05) is 0 Å². The Kier molecular flexibility index (Phi) is 13.7. The van der Waals surface area contributed by atoms with E-state index in [1.807, 2.05) is 0 Å². The lowest BCUT2D eigenvalue weighted by atomic mass is 10.1. The molecule has 0 saturated heterocycles. The second-order valence-corrected chi connectivity index (χ2v) is 6.69. The fourth-order valence-electron chi connectivity index (χ4n) is 2.05. The van der Waals surface area contributed by atoms with Crippen molar-refractivity contribution in [2.45, 2.75) is 43.4 Å². The molecule has 0 aromatic rings. The number of unbranched alkanes of at least 4 members (excludes halogenated alkanes) is 1. The van der Waals surface area contributed by atoms with Crippen molar-refractivity contribution in [1.82, 2.24) is 16.0 Å². The normalized spacial score (nSPS) is 15.0. The molecule has 0 spiro atoms. The van der Waals surface area contributed by atoms with Crippen LogP contribution in [0, 0.1) is 0 Å². The maximum absolute atomic E-state index is 12.6. The first kappa shape index (κ1) is 26.5. The van der Waals surface area contributed by atoms with Gasteiger partial charge in [0.1, 0.15) is 18.1 Å². The molecule has 4 atom stereocenters. The minimum Gasteiger partial charge on any atom is -0.480 e. The van der Waals surface area contributed by atoms with Crippen LogP contribution in [0.25, 0.3) is 0 Å². The second-order valence-electron chi connectivity index (χ2n) is 5.96. The summed E-state index contributed by atoms with van der Waals surface area (Å²) in [5.41, 5.74) is 11.0. The summed E-state index contributed by atoms with van der Waals surface area (Å²) >= 11 is 7.92. The molecule has 0 aliphatic rings. The van der Waals surface area contributed by atoms with Gasteiger partial charge in [-0.05, 0) is 25.8 Å². The zero-order valence-corrected chi connectivity index (χ0v) is 17.1. The average Bonchev–Trinajstić information content (AvgIpc) is 2.67. The number of aliphatic hydroxyl groups is 1. The summed E-state index contributed by atoms with van der Waals surface area (Å²) in [7, 11) is 0. The lowest BCUT2D eigenvalue weighted by Gasteiger charge is -2.24. The Labute approximate surface area is 174 Å². The van der Waals surface area contributed by atoms with Crippen molar-refractivity contribution in [3.8, 4) is 0 Å². The molecule has 0 saturated carbocycles. The molecular formula is C15H29N5O6S2. The standard InChI is InChI=1S/C15H29N5O6S2/c16-4-2-1-3-9(18-12(22)8(17)6-27)13(23)20-11(7-28)14(24)19-10(5-21)15(25)26/h8-11,21,27-28H,1-7,16-17H2,(H,18,22)(H,19,24)(H,20,23)(H,25,26). The first-order valence-electron chi connectivity index (χ1n) is 8.63. The molecule has 9 N–H and O–H groups in total. The highest BCUT2D eigenvalue weighted by Gasteiger charge is 2.29. The zero-order valence-electron chi connectivity index (χ0n) is 15.3. The van der Waals surface area contributed by atoms with Crippen LogP contribution in [0.2, 0.25) is 0 Å². The summed E-state index contributed by atoms with van der Waals surface area (Å²) in [6, 6.07) is -4.55. The number of amides is 3. The molecule has 0 fully saturated rings. The summed E-state index contributed by atoms with van der Waals surface area (Å²) in [4.78, 5) is 47.6. The number of carboxylic acids is 1. The monoisotopic (exact) mass is 439 g/mol. The van der Waals surface area contributed by atoms with Crippen LogP contribution in [0.1, 0.15) is 19.3 Å². The van der Waals surface area contributed by atoms with E-state index in [9.17, 15) is 19.2 Å². The van der Waals surface area contributed by atoms with Crippen molar-refractivity contribution < 1.29 is 29.4 Å². The van der Waals surface area contributed by atoms with Gasteiger partial charge in [-0.3, -0.25) is 14.4 Å². The number of hydrogen-bond acceptors (Lipinski definition) is 9. The van der Waals surface area contributed by atoms with Crippen LogP contribution in [0.5, 0.6) is 0 Å². The molecule has 0 aromatic heterocycles. The molecule has 0 radical (unpaired) electrons. The van der Waals surface area contributed by atoms with Gasteiger partial charge >= 0.3 is 5.97 Å². The summed E-state index contributed by atoms with van der Waals surface area (Å²) in [5.74, 6) is -3.52. The summed E-state index contributed by atoms with van der Waals surface area (Å²) in [6.07, 6.45) is 1.45. The Bertz CT molecular complexity index is 539. The molecule has 0 rings (SSSR count). The van der Waals surface area contributed by atoms with Crippen LogP contribution in [0.4, 0.5) is 0 Å². The van der Waals surface area contributed by atoms with Crippen LogP contribution >= 0.6 is 25.3 Å². The van der Waals surface area contributed by atoms with E-state index in [4.69, 9.17) is 21.7 Å². The van der Waals surface area contributed by atoms with Gasteiger partial charge in [0.05, 0.1) is 12.6 Å². The van der Waals surface area contributed by atoms with Gasteiger partial charge in [-0.25, -0.2) is 4.79 Å². The Morgan fingerprint density at radius 2 is 1.39 bits per heavy atom. The third-order valence-electron chi connectivity index (χ3n) is 3.73. The number of carbonyl (C=O) groups excluding carboxylic acids is 3. The van der Waals surface area contributed by atoms with Gasteiger partial charge in [-0.2, -0.15) is 25.3 Å². The van der Waals surface area contributed by atoms with Crippen molar-refractivity contribution in [1.29, 1.82) is 0 Å². The van der Waals surface area contributed by atoms with Crippen LogP contribution in [0.15, 0.2) is 0 Å². The van der Waals surface area contributed by atoms with Crippen molar-refractivity contribution in [3.63, 3.8) is 0 Å². The molecule has 11 nitrogen and oxygen atoms in total. The summed E-state index contributed by atoms with van der Waals surface area (Å²) < 4.78 is 0. The van der Waals surface area contributed by atoms with Crippen molar-refractivity contribution in [2.24, 2.45) is 11.5 Å². The van der Waals surface area contributed by atoms with E-state index in [1.165, 1.54) is 0 Å². The Morgan fingerprint density at radius 1 is 0.857 bits per heavy atom. The third-order valence-corrected chi connectivity index (χ3v) is 4.48. The molecular weight excluding hydrogens is 410 g/mol. The lowest BCUT2D eigenvalue weighted by molar-refractivity contribution is -0.143. The molecule has 0 aliphatic carbocycles. The highest BCUT2D eigenvalue weighted by Crippen LogP contribution is 2.03.